The van der Waals surface area contributed by atoms with Crippen molar-refractivity contribution in [1.29, 1.82) is 0 Å². The first-order valence-corrected chi connectivity index (χ1v) is 3.33. The van der Waals surface area contributed by atoms with Gasteiger partial charge in [-0.05, 0) is 5.92 Å². The van der Waals surface area contributed by atoms with E-state index in [1.807, 2.05) is 6.20 Å². The first-order valence-electron chi connectivity index (χ1n) is 3.33. The number of hydrogen-bond acceptors (Lipinski definition) is 2. The molecule has 56 valence electrons. The number of nitrogens with zero attached hydrogens (tertiary/aromatic N) is 1. The molecule has 3 nitrogen and oxygen atoms in total. The molecule has 0 aliphatic rings. The SMILES string of the molecule is COc1nc(C(C)C)c[nH]1. The highest BCUT2D eigenvalue weighted by Crippen LogP contribution is 2.13. The molecule has 0 spiro atoms. The molecule has 1 aromatic heterocycles. The van der Waals surface area contributed by atoms with Crippen molar-refractivity contribution in [2.75, 3.05) is 7.11 Å². The number of rotatable bonds is 2. The van der Waals surface area contributed by atoms with Crippen LogP contribution < -0.4 is 4.74 Å². The summed E-state index contributed by atoms with van der Waals surface area (Å²) in [6, 6.07) is 0.587. The van der Waals surface area contributed by atoms with Crippen LogP contribution in [0.15, 0.2) is 6.20 Å². The van der Waals surface area contributed by atoms with Crippen molar-refractivity contribution in [2.24, 2.45) is 0 Å². The predicted molar refractivity (Wildman–Crippen MR) is 39.2 cm³/mol. The van der Waals surface area contributed by atoms with E-state index in [1.165, 1.54) is 0 Å². The van der Waals surface area contributed by atoms with Gasteiger partial charge in [0.25, 0.3) is 6.01 Å². The average molecular weight is 140 g/mol. The monoisotopic (exact) mass is 140 g/mol. The lowest BCUT2D eigenvalue weighted by Crippen LogP contribution is -1.87. The summed E-state index contributed by atoms with van der Waals surface area (Å²) in [4.78, 5) is 7.05. The van der Waals surface area contributed by atoms with Crippen LogP contribution in [0.1, 0.15) is 25.5 Å². The molecule has 0 radical (unpaired) electrons. The van der Waals surface area contributed by atoms with Gasteiger partial charge in [-0.2, -0.15) is 0 Å². The summed E-state index contributed by atoms with van der Waals surface area (Å²) < 4.78 is 4.88. The fourth-order valence-corrected chi connectivity index (χ4v) is 0.718. The highest BCUT2D eigenvalue weighted by molar-refractivity contribution is 5.08. The standard InChI is InChI=1S/C7H12N2O/c1-5(2)6-4-8-7(9-6)10-3/h4-5H,1-3H3,(H,8,9). The van der Waals surface area contributed by atoms with Crippen molar-refractivity contribution in [3.63, 3.8) is 0 Å². The van der Waals surface area contributed by atoms with Gasteiger partial charge in [-0.15, -0.1) is 0 Å². The van der Waals surface area contributed by atoms with Gasteiger partial charge in [-0.25, -0.2) is 4.98 Å². The van der Waals surface area contributed by atoms with Crippen molar-refractivity contribution in [1.82, 2.24) is 9.97 Å². The number of ether oxygens (including phenoxy) is 1. The van der Waals surface area contributed by atoms with Gasteiger partial charge in [0.1, 0.15) is 0 Å². The van der Waals surface area contributed by atoms with E-state index in [1.54, 1.807) is 7.11 Å². The zero-order valence-electron chi connectivity index (χ0n) is 6.51. The Bertz CT molecular complexity index is 205. The van der Waals surface area contributed by atoms with E-state index < -0.39 is 0 Å². The Labute approximate surface area is 60.4 Å². The molecule has 0 saturated heterocycles. The van der Waals surface area contributed by atoms with Gasteiger partial charge in [-0.3, -0.25) is 0 Å². The molecule has 3 heteroatoms. The van der Waals surface area contributed by atoms with E-state index in [-0.39, 0.29) is 0 Å². The highest BCUT2D eigenvalue weighted by Gasteiger charge is 2.03. The van der Waals surface area contributed by atoms with Gasteiger partial charge in [0.05, 0.1) is 12.8 Å². The van der Waals surface area contributed by atoms with Crippen LogP contribution in [0.2, 0.25) is 0 Å². The van der Waals surface area contributed by atoms with Gasteiger partial charge in [0.2, 0.25) is 0 Å². The average Bonchev–Trinajstić information content (AvgIpc) is 2.34. The van der Waals surface area contributed by atoms with E-state index in [0.717, 1.165) is 5.69 Å². The maximum Gasteiger partial charge on any atom is 0.293 e. The fourth-order valence-electron chi connectivity index (χ4n) is 0.718. The van der Waals surface area contributed by atoms with Gasteiger partial charge in [0, 0.05) is 6.20 Å². The van der Waals surface area contributed by atoms with Crippen molar-refractivity contribution < 1.29 is 4.74 Å². The molecule has 1 N–H and O–H groups in total. The molecule has 0 aliphatic heterocycles. The van der Waals surface area contributed by atoms with Gasteiger partial charge in [0.15, 0.2) is 0 Å². The Balaban J connectivity index is 2.78. The number of methoxy groups -OCH3 is 1. The lowest BCUT2D eigenvalue weighted by atomic mass is 10.2. The molecule has 0 unspecified atom stereocenters. The molecule has 1 aromatic rings. The molecule has 0 aromatic carbocycles. The number of nitrogens with one attached hydrogen (secondary N) is 1. The predicted octanol–water partition coefficient (Wildman–Crippen LogP) is 1.54. The molecule has 0 atom stereocenters. The van der Waals surface area contributed by atoms with Crippen LogP contribution in [0.5, 0.6) is 6.01 Å². The van der Waals surface area contributed by atoms with E-state index in [2.05, 4.69) is 23.8 Å². The molecule has 1 heterocycles. The van der Waals surface area contributed by atoms with E-state index in [9.17, 15) is 0 Å². The zero-order valence-corrected chi connectivity index (χ0v) is 6.51. The lowest BCUT2D eigenvalue weighted by Gasteiger charge is -1.95. The van der Waals surface area contributed by atoms with Crippen LogP contribution in [0, 0.1) is 0 Å². The van der Waals surface area contributed by atoms with Crippen LogP contribution in [-0.2, 0) is 0 Å². The molecule has 0 amide bonds. The minimum Gasteiger partial charge on any atom is -0.468 e. The summed E-state index contributed by atoms with van der Waals surface area (Å²) in [5, 5.41) is 0. The number of aromatic nitrogens is 2. The van der Waals surface area contributed by atoms with E-state index in [0.29, 0.717) is 11.9 Å². The normalized spacial score (nSPS) is 10.4. The Morgan fingerprint density at radius 2 is 2.30 bits per heavy atom. The highest BCUT2D eigenvalue weighted by atomic mass is 16.5. The summed E-state index contributed by atoms with van der Waals surface area (Å²) in [5.74, 6) is 0.458. The molecule has 1 rings (SSSR count). The number of imidazole rings is 1. The lowest BCUT2D eigenvalue weighted by molar-refractivity contribution is 0.383. The Kier molecular flexibility index (Phi) is 1.94. The van der Waals surface area contributed by atoms with E-state index >= 15 is 0 Å². The maximum absolute atomic E-state index is 4.88. The van der Waals surface area contributed by atoms with Crippen molar-refractivity contribution in [3.8, 4) is 6.01 Å². The second kappa shape index (κ2) is 2.73. The largest absolute Gasteiger partial charge is 0.468 e. The molecular weight excluding hydrogens is 128 g/mol. The van der Waals surface area contributed by atoms with Crippen molar-refractivity contribution in [2.45, 2.75) is 19.8 Å². The smallest absolute Gasteiger partial charge is 0.293 e. The quantitative estimate of drug-likeness (QED) is 0.676. The molecular formula is C7H12N2O. The van der Waals surface area contributed by atoms with Crippen LogP contribution in [0.25, 0.3) is 0 Å². The second-order valence-corrected chi connectivity index (χ2v) is 2.49. The van der Waals surface area contributed by atoms with Gasteiger partial charge < -0.3 is 9.72 Å². The van der Waals surface area contributed by atoms with Crippen LogP contribution in [0.3, 0.4) is 0 Å². The third-order valence-electron chi connectivity index (χ3n) is 1.36. The van der Waals surface area contributed by atoms with Crippen molar-refractivity contribution >= 4 is 0 Å². The molecule has 0 fully saturated rings. The van der Waals surface area contributed by atoms with Crippen LogP contribution in [-0.4, -0.2) is 17.1 Å². The first kappa shape index (κ1) is 7.12. The minimum atomic E-state index is 0.458. The molecule has 0 bridgehead atoms. The third-order valence-corrected chi connectivity index (χ3v) is 1.36. The molecule has 10 heavy (non-hydrogen) atoms. The number of hydrogen-bond donors (Lipinski definition) is 1. The second-order valence-electron chi connectivity index (χ2n) is 2.49. The summed E-state index contributed by atoms with van der Waals surface area (Å²) in [7, 11) is 1.60. The summed E-state index contributed by atoms with van der Waals surface area (Å²) in [6.45, 7) is 4.19. The van der Waals surface area contributed by atoms with Gasteiger partial charge in [-0.1, -0.05) is 13.8 Å². The first-order chi connectivity index (χ1) is 4.74. The zero-order chi connectivity index (χ0) is 7.56. The Morgan fingerprint density at radius 3 is 2.60 bits per heavy atom. The van der Waals surface area contributed by atoms with E-state index in [4.69, 9.17) is 4.74 Å². The van der Waals surface area contributed by atoms with Crippen molar-refractivity contribution in [3.05, 3.63) is 11.9 Å². The number of aromatic amines is 1. The third kappa shape index (κ3) is 1.29. The summed E-state index contributed by atoms with van der Waals surface area (Å²) >= 11 is 0. The fraction of sp³-hybridized carbons (Fsp3) is 0.571. The maximum atomic E-state index is 4.88. The summed E-state index contributed by atoms with van der Waals surface area (Å²) in [5.41, 5.74) is 1.04. The Morgan fingerprint density at radius 1 is 1.60 bits per heavy atom. The summed E-state index contributed by atoms with van der Waals surface area (Å²) in [6.07, 6.45) is 1.86. The number of H-pyrrole nitrogens is 1. The Hall–Kier alpha value is -0.990. The van der Waals surface area contributed by atoms with Crippen LogP contribution >= 0.6 is 0 Å². The molecule has 0 aliphatic carbocycles. The topological polar surface area (TPSA) is 37.9 Å². The minimum absolute atomic E-state index is 0.458. The van der Waals surface area contributed by atoms with Crippen LogP contribution in [0.4, 0.5) is 0 Å². The molecule has 0 saturated carbocycles. The van der Waals surface area contributed by atoms with Gasteiger partial charge >= 0.3 is 0 Å².